The Balaban J connectivity index is 1.19. The van der Waals surface area contributed by atoms with Crippen molar-refractivity contribution in [3.8, 4) is 11.5 Å². The smallest absolute Gasteiger partial charge is 0.179 e. The Morgan fingerprint density at radius 2 is 0.696 bits per heavy atom. The molecule has 0 aliphatic carbocycles. The van der Waals surface area contributed by atoms with Gasteiger partial charge in [0.05, 0.1) is 26.4 Å². The molecule has 0 spiro atoms. The summed E-state index contributed by atoms with van der Waals surface area (Å²) in [6, 6.07) is 57.9. The molecule has 0 heterocycles. The molecule has 0 aromatic heterocycles. The molecule has 0 aliphatic rings. The number of benzene rings is 6. The molecule has 0 amide bonds. The van der Waals surface area contributed by atoms with E-state index in [1.165, 1.54) is 0 Å². The molecule has 0 radical (unpaired) electrons. The SMILES string of the molecule is COC(CCC(C)(C)[Si](C)(C)O[Si](C)(C)C(C)(C)CCC(COCc1ccccc1)(OC)c1cccc(OCc2ccccc2)c1)(COCc1ccccc1)c1cccc(OCc2ccccc2)c1. The molecule has 368 valence electrons. The van der Waals surface area contributed by atoms with Gasteiger partial charge in [-0.3, -0.25) is 0 Å². The van der Waals surface area contributed by atoms with Crippen LogP contribution in [0.15, 0.2) is 170 Å². The molecule has 0 bridgehead atoms. The molecule has 69 heavy (non-hydrogen) atoms. The summed E-state index contributed by atoms with van der Waals surface area (Å²) in [7, 11) is -1.20. The van der Waals surface area contributed by atoms with Crippen LogP contribution in [0.5, 0.6) is 11.5 Å². The van der Waals surface area contributed by atoms with Crippen LogP contribution >= 0.6 is 0 Å². The minimum atomic E-state index is -2.42. The summed E-state index contributed by atoms with van der Waals surface area (Å²) in [4.78, 5) is 0. The van der Waals surface area contributed by atoms with Crippen molar-refractivity contribution in [2.24, 2.45) is 0 Å². The summed E-state index contributed by atoms with van der Waals surface area (Å²) in [5, 5.41) is -0.251. The Bertz CT molecular complexity index is 2260. The molecular weight excluding hydrogens is 889 g/mol. The maximum atomic E-state index is 7.72. The average molecular weight is 967 g/mol. The minimum absolute atomic E-state index is 0.125. The monoisotopic (exact) mass is 967 g/mol. The zero-order chi connectivity index (χ0) is 49.4. The van der Waals surface area contributed by atoms with Crippen molar-refractivity contribution in [2.75, 3.05) is 27.4 Å². The number of hydrogen-bond donors (Lipinski definition) is 0. The fraction of sp³-hybridized carbons (Fsp3) is 0.400. The molecule has 0 aliphatic heterocycles. The van der Waals surface area contributed by atoms with E-state index in [2.05, 4.69) is 163 Å². The van der Waals surface area contributed by atoms with Crippen LogP contribution in [-0.2, 0) is 60.7 Å². The van der Waals surface area contributed by atoms with Crippen molar-refractivity contribution in [3.05, 3.63) is 203 Å². The van der Waals surface area contributed by atoms with Crippen molar-refractivity contribution in [3.63, 3.8) is 0 Å². The summed E-state index contributed by atoms with van der Waals surface area (Å²) in [6.45, 7) is 22.0. The average Bonchev–Trinajstić information content (AvgIpc) is 3.36. The van der Waals surface area contributed by atoms with Crippen LogP contribution in [-0.4, -0.2) is 44.1 Å². The number of hydrogen-bond acceptors (Lipinski definition) is 7. The third-order valence-corrected chi connectivity index (χ3v) is 26.1. The zero-order valence-electron chi connectivity index (χ0n) is 43.1. The maximum Gasteiger partial charge on any atom is 0.179 e. The van der Waals surface area contributed by atoms with E-state index in [9.17, 15) is 0 Å². The zero-order valence-corrected chi connectivity index (χ0v) is 45.1. The van der Waals surface area contributed by atoms with Crippen LogP contribution in [0.2, 0.25) is 36.3 Å². The summed E-state index contributed by atoms with van der Waals surface area (Å²) in [6.07, 6.45) is 3.24. The highest BCUT2D eigenvalue weighted by atomic mass is 28.4. The van der Waals surface area contributed by atoms with E-state index in [1.54, 1.807) is 0 Å². The normalized spacial score (nSPS) is 14.2. The topological polar surface area (TPSA) is 64.6 Å². The molecule has 6 aromatic carbocycles. The summed E-state index contributed by atoms with van der Waals surface area (Å²) < 4.78 is 46.8. The Morgan fingerprint density at radius 1 is 0.377 bits per heavy atom. The molecule has 2 atom stereocenters. The summed E-state index contributed by atoms with van der Waals surface area (Å²) in [5.74, 6) is 1.61. The van der Waals surface area contributed by atoms with Gasteiger partial charge in [0.2, 0.25) is 0 Å². The van der Waals surface area contributed by atoms with E-state index in [4.69, 9.17) is 32.5 Å². The van der Waals surface area contributed by atoms with E-state index in [0.717, 1.165) is 70.6 Å². The lowest BCUT2D eigenvalue weighted by Crippen LogP contribution is -2.55. The maximum absolute atomic E-state index is 7.72. The molecule has 0 saturated heterocycles. The minimum Gasteiger partial charge on any atom is -0.489 e. The first kappa shape index (κ1) is 53.5. The van der Waals surface area contributed by atoms with Gasteiger partial charge in [0.1, 0.15) is 35.9 Å². The lowest BCUT2D eigenvalue weighted by molar-refractivity contribution is -0.0925. The van der Waals surface area contributed by atoms with E-state index >= 15 is 0 Å². The number of ether oxygens (including phenoxy) is 6. The first-order valence-corrected chi connectivity index (χ1v) is 30.4. The van der Waals surface area contributed by atoms with Crippen molar-refractivity contribution >= 4 is 16.6 Å². The standard InChI is InChI=1S/C60H78O7Si2/c1-57(2,37-39-59(61-5,47-63-43-49-25-15-11-16-26-49)53-33-23-35-55(41-53)65-45-51-29-19-13-20-30-51)68(7,8)67-69(9,10)58(3,4)38-40-60(62-6,48-64-44-50-27-17-12-18-28-50)54-34-24-36-56(42-54)66-46-52-31-21-14-22-32-52/h11-36,41-42H,37-40,43-48H2,1-10H3. The van der Waals surface area contributed by atoms with Gasteiger partial charge in [-0.1, -0.05) is 173 Å². The second-order valence-electron chi connectivity index (χ2n) is 20.8. The highest BCUT2D eigenvalue weighted by molar-refractivity contribution is 6.87. The Kier molecular flexibility index (Phi) is 18.9. The van der Waals surface area contributed by atoms with E-state index in [1.807, 2.05) is 74.9 Å². The van der Waals surface area contributed by atoms with E-state index in [0.29, 0.717) is 39.6 Å². The van der Waals surface area contributed by atoms with Gasteiger partial charge >= 0.3 is 0 Å². The van der Waals surface area contributed by atoms with Gasteiger partial charge < -0.3 is 32.5 Å². The van der Waals surface area contributed by atoms with Gasteiger partial charge in [-0.2, -0.15) is 0 Å². The third-order valence-electron chi connectivity index (χ3n) is 15.0. The van der Waals surface area contributed by atoms with Crippen LogP contribution in [0.4, 0.5) is 0 Å². The third kappa shape index (κ3) is 14.6. The highest BCUT2D eigenvalue weighted by Gasteiger charge is 2.51. The quantitative estimate of drug-likeness (QED) is 0.0454. The molecule has 0 N–H and O–H groups in total. The first-order valence-electron chi connectivity index (χ1n) is 24.6. The van der Waals surface area contributed by atoms with Gasteiger partial charge in [0.15, 0.2) is 16.6 Å². The first-order chi connectivity index (χ1) is 33.0. The largest absolute Gasteiger partial charge is 0.489 e. The summed E-state index contributed by atoms with van der Waals surface area (Å²) >= 11 is 0. The predicted octanol–water partition coefficient (Wildman–Crippen LogP) is 15.2. The van der Waals surface area contributed by atoms with Crippen molar-refractivity contribution < 1.29 is 32.5 Å². The van der Waals surface area contributed by atoms with E-state index in [-0.39, 0.29) is 10.1 Å². The second kappa shape index (κ2) is 24.3. The lowest BCUT2D eigenvalue weighted by Gasteiger charge is -2.51. The molecular formula is C60H78O7Si2. The van der Waals surface area contributed by atoms with Crippen LogP contribution in [0.25, 0.3) is 0 Å². The molecule has 9 heteroatoms. The van der Waals surface area contributed by atoms with Gasteiger partial charge in [-0.15, -0.1) is 0 Å². The van der Waals surface area contributed by atoms with Gasteiger partial charge in [-0.05, 0) is 120 Å². The Hall–Kier alpha value is -4.85. The second-order valence-corrected chi connectivity index (χ2v) is 30.4. The molecule has 0 saturated carbocycles. The van der Waals surface area contributed by atoms with Crippen molar-refractivity contribution in [1.29, 1.82) is 0 Å². The summed E-state index contributed by atoms with van der Waals surface area (Å²) in [5.41, 5.74) is 5.15. The van der Waals surface area contributed by atoms with Crippen molar-refractivity contribution in [1.82, 2.24) is 0 Å². The highest BCUT2D eigenvalue weighted by Crippen LogP contribution is 2.52. The fourth-order valence-electron chi connectivity index (χ4n) is 8.74. The molecule has 0 fully saturated rings. The fourth-order valence-corrected chi connectivity index (χ4v) is 17.5. The number of rotatable bonds is 28. The lowest BCUT2D eigenvalue weighted by atomic mass is 9.86. The van der Waals surface area contributed by atoms with Gasteiger partial charge in [-0.25, -0.2) is 0 Å². The van der Waals surface area contributed by atoms with Crippen molar-refractivity contribution in [2.45, 2.75) is 127 Å². The Labute approximate surface area is 416 Å². The Morgan fingerprint density at radius 3 is 1.01 bits per heavy atom. The molecule has 6 aromatic rings. The van der Waals surface area contributed by atoms with Crippen LogP contribution in [0, 0.1) is 0 Å². The van der Waals surface area contributed by atoms with Crippen LogP contribution in [0.3, 0.4) is 0 Å². The molecule has 2 unspecified atom stereocenters. The van der Waals surface area contributed by atoms with Crippen LogP contribution in [0.1, 0.15) is 86.8 Å². The molecule has 6 rings (SSSR count). The van der Waals surface area contributed by atoms with E-state index < -0.39 is 27.8 Å². The van der Waals surface area contributed by atoms with Gasteiger partial charge in [0.25, 0.3) is 0 Å². The predicted molar refractivity (Wildman–Crippen MR) is 287 cm³/mol. The van der Waals surface area contributed by atoms with Crippen LogP contribution < -0.4 is 9.47 Å². The van der Waals surface area contributed by atoms with Gasteiger partial charge in [0, 0.05) is 14.2 Å². The number of methoxy groups -OCH3 is 2. The molecule has 7 nitrogen and oxygen atoms in total.